The first-order valence-electron chi connectivity index (χ1n) is 2.87. The SMILES string of the molecule is Cc1ccc(C#CI)nc1. The highest BCUT2D eigenvalue weighted by Crippen LogP contribution is 1.96. The number of aryl methyl sites for hydroxylation is 1. The van der Waals surface area contributed by atoms with Gasteiger partial charge in [-0.3, -0.25) is 0 Å². The summed E-state index contributed by atoms with van der Waals surface area (Å²) in [4.78, 5) is 4.09. The van der Waals surface area contributed by atoms with E-state index < -0.39 is 0 Å². The van der Waals surface area contributed by atoms with Gasteiger partial charge in [0, 0.05) is 28.8 Å². The number of hydrogen-bond donors (Lipinski definition) is 0. The van der Waals surface area contributed by atoms with Crippen LogP contribution in [0.15, 0.2) is 18.3 Å². The van der Waals surface area contributed by atoms with E-state index in [0.717, 1.165) is 5.69 Å². The fourth-order valence-corrected chi connectivity index (χ4v) is 0.866. The maximum absolute atomic E-state index is 4.09. The van der Waals surface area contributed by atoms with E-state index in [1.54, 1.807) is 0 Å². The molecular weight excluding hydrogens is 237 g/mol. The quantitative estimate of drug-likeness (QED) is 0.502. The van der Waals surface area contributed by atoms with E-state index in [9.17, 15) is 0 Å². The Hall–Kier alpha value is -0.560. The van der Waals surface area contributed by atoms with Crippen molar-refractivity contribution < 1.29 is 0 Å². The summed E-state index contributed by atoms with van der Waals surface area (Å²) in [6.07, 6.45) is 1.82. The Balaban J connectivity index is 2.97. The van der Waals surface area contributed by atoms with Gasteiger partial charge in [0.05, 0.1) is 0 Å². The van der Waals surface area contributed by atoms with Gasteiger partial charge in [-0.2, -0.15) is 0 Å². The molecule has 0 saturated carbocycles. The van der Waals surface area contributed by atoms with Gasteiger partial charge in [-0.25, -0.2) is 4.98 Å². The highest BCUT2D eigenvalue weighted by atomic mass is 127. The third kappa shape index (κ3) is 1.99. The topological polar surface area (TPSA) is 12.9 Å². The summed E-state index contributed by atoms with van der Waals surface area (Å²) in [6.45, 7) is 2.01. The van der Waals surface area contributed by atoms with Gasteiger partial charge in [0.2, 0.25) is 0 Å². The normalized spacial score (nSPS) is 8.20. The minimum absolute atomic E-state index is 0.833. The predicted molar refractivity (Wildman–Crippen MR) is 49.9 cm³/mol. The van der Waals surface area contributed by atoms with Gasteiger partial charge >= 0.3 is 0 Å². The molecule has 1 heterocycles. The van der Waals surface area contributed by atoms with Crippen LogP contribution in [-0.2, 0) is 0 Å². The Kier molecular flexibility index (Phi) is 2.69. The molecule has 2 heteroatoms. The predicted octanol–water partition coefficient (Wildman–Crippen LogP) is 2.13. The second-order valence-electron chi connectivity index (χ2n) is 1.94. The lowest BCUT2D eigenvalue weighted by atomic mass is 10.3. The summed E-state index contributed by atoms with van der Waals surface area (Å²) in [5, 5.41) is 0. The largest absolute Gasteiger partial charge is 0.247 e. The molecule has 0 N–H and O–H groups in total. The molecule has 0 spiro atoms. The van der Waals surface area contributed by atoms with Crippen molar-refractivity contribution in [3.63, 3.8) is 0 Å². The second kappa shape index (κ2) is 3.57. The molecule has 1 aromatic heterocycles. The molecule has 0 bridgehead atoms. The molecule has 0 atom stereocenters. The van der Waals surface area contributed by atoms with Gasteiger partial charge in [0.1, 0.15) is 5.69 Å². The fourth-order valence-electron chi connectivity index (χ4n) is 0.590. The molecule has 10 heavy (non-hydrogen) atoms. The van der Waals surface area contributed by atoms with E-state index in [-0.39, 0.29) is 0 Å². The molecule has 0 saturated heterocycles. The summed E-state index contributed by atoms with van der Waals surface area (Å²) in [5.41, 5.74) is 2.00. The van der Waals surface area contributed by atoms with Crippen LogP contribution in [0.4, 0.5) is 0 Å². The van der Waals surface area contributed by atoms with Crippen LogP contribution in [0.1, 0.15) is 11.3 Å². The highest BCUT2D eigenvalue weighted by molar-refractivity contribution is 14.1. The van der Waals surface area contributed by atoms with Crippen LogP contribution < -0.4 is 0 Å². The van der Waals surface area contributed by atoms with Gasteiger partial charge in [0.15, 0.2) is 0 Å². The Labute approximate surface area is 74.0 Å². The summed E-state index contributed by atoms with van der Waals surface area (Å²) in [6, 6.07) is 3.92. The maximum Gasteiger partial charge on any atom is 0.113 e. The van der Waals surface area contributed by atoms with Crippen LogP contribution in [0.25, 0.3) is 0 Å². The summed E-state index contributed by atoms with van der Waals surface area (Å²) < 4.78 is 2.76. The third-order valence-corrected chi connectivity index (χ3v) is 1.36. The van der Waals surface area contributed by atoms with Crippen molar-refractivity contribution in [3.05, 3.63) is 29.6 Å². The van der Waals surface area contributed by atoms with Crippen molar-refractivity contribution in [3.8, 4) is 9.85 Å². The van der Waals surface area contributed by atoms with Gasteiger partial charge in [-0.1, -0.05) is 6.07 Å². The molecule has 0 unspecified atom stereocenters. The average molecular weight is 243 g/mol. The molecule has 1 rings (SSSR count). The zero-order valence-corrected chi connectivity index (χ0v) is 7.71. The number of aromatic nitrogens is 1. The first-order chi connectivity index (χ1) is 4.83. The maximum atomic E-state index is 4.09. The summed E-state index contributed by atoms with van der Waals surface area (Å²) >= 11 is 2.00. The molecule has 0 amide bonds. The van der Waals surface area contributed by atoms with Crippen LogP contribution in [-0.4, -0.2) is 4.98 Å². The minimum Gasteiger partial charge on any atom is -0.247 e. The van der Waals surface area contributed by atoms with Gasteiger partial charge in [0.25, 0.3) is 0 Å². The molecule has 0 fully saturated rings. The number of pyridine rings is 1. The number of hydrogen-bond acceptors (Lipinski definition) is 1. The van der Waals surface area contributed by atoms with Crippen LogP contribution >= 0.6 is 22.6 Å². The summed E-state index contributed by atoms with van der Waals surface area (Å²) in [7, 11) is 0. The Morgan fingerprint density at radius 3 is 2.80 bits per heavy atom. The summed E-state index contributed by atoms with van der Waals surface area (Å²) in [5.74, 6) is 2.86. The fraction of sp³-hybridized carbons (Fsp3) is 0.125. The smallest absolute Gasteiger partial charge is 0.113 e. The van der Waals surface area contributed by atoms with Crippen molar-refractivity contribution in [1.82, 2.24) is 4.98 Å². The molecule has 0 radical (unpaired) electrons. The molecule has 0 aliphatic heterocycles. The Bertz CT molecular complexity index is 266. The standard InChI is InChI=1S/C8H6IN/c1-7-2-3-8(4-5-9)10-6-7/h2-3,6H,1H3. The first kappa shape index (κ1) is 7.55. The van der Waals surface area contributed by atoms with E-state index in [2.05, 4.69) is 14.8 Å². The Morgan fingerprint density at radius 1 is 1.50 bits per heavy atom. The van der Waals surface area contributed by atoms with Crippen molar-refractivity contribution in [1.29, 1.82) is 0 Å². The minimum atomic E-state index is 0.833. The number of rotatable bonds is 0. The lowest BCUT2D eigenvalue weighted by Gasteiger charge is -1.89. The first-order valence-corrected chi connectivity index (χ1v) is 3.95. The van der Waals surface area contributed by atoms with Crippen LogP contribution in [0.5, 0.6) is 0 Å². The van der Waals surface area contributed by atoms with Crippen molar-refractivity contribution in [2.75, 3.05) is 0 Å². The van der Waals surface area contributed by atoms with E-state index >= 15 is 0 Å². The number of halogens is 1. The second-order valence-corrected chi connectivity index (χ2v) is 2.48. The van der Waals surface area contributed by atoms with Crippen LogP contribution in [0, 0.1) is 16.8 Å². The molecular formula is C8H6IN. The van der Waals surface area contributed by atoms with E-state index in [1.807, 2.05) is 47.8 Å². The highest BCUT2D eigenvalue weighted by Gasteiger charge is 1.85. The molecule has 0 aromatic carbocycles. The molecule has 0 aliphatic carbocycles. The molecule has 0 aliphatic rings. The zero-order valence-electron chi connectivity index (χ0n) is 5.56. The monoisotopic (exact) mass is 243 g/mol. The van der Waals surface area contributed by atoms with Crippen molar-refractivity contribution in [2.45, 2.75) is 6.92 Å². The van der Waals surface area contributed by atoms with Crippen molar-refractivity contribution in [2.24, 2.45) is 0 Å². The average Bonchev–Trinajstić information content (AvgIpc) is 1.95. The third-order valence-electron chi connectivity index (χ3n) is 1.09. The Morgan fingerprint density at radius 2 is 2.30 bits per heavy atom. The van der Waals surface area contributed by atoms with E-state index in [0.29, 0.717) is 0 Å². The van der Waals surface area contributed by atoms with E-state index in [4.69, 9.17) is 0 Å². The molecule has 1 nitrogen and oxygen atoms in total. The zero-order chi connectivity index (χ0) is 7.40. The lowest BCUT2D eigenvalue weighted by molar-refractivity contribution is 1.24. The van der Waals surface area contributed by atoms with Crippen LogP contribution in [0.2, 0.25) is 0 Å². The van der Waals surface area contributed by atoms with Gasteiger partial charge in [-0.15, -0.1) is 0 Å². The van der Waals surface area contributed by atoms with Gasteiger partial charge in [-0.05, 0) is 28.4 Å². The van der Waals surface area contributed by atoms with Gasteiger partial charge < -0.3 is 0 Å². The molecule has 50 valence electrons. The lowest BCUT2D eigenvalue weighted by Crippen LogP contribution is -1.80. The van der Waals surface area contributed by atoms with Crippen LogP contribution in [0.3, 0.4) is 0 Å². The number of nitrogens with zero attached hydrogens (tertiary/aromatic N) is 1. The van der Waals surface area contributed by atoms with E-state index in [1.165, 1.54) is 5.56 Å². The molecule has 1 aromatic rings. The van der Waals surface area contributed by atoms with Crippen molar-refractivity contribution >= 4 is 22.6 Å².